The summed E-state index contributed by atoms with van der Waals surface area (Å²) in [6.45, 7) is 3.96. The number of nitrogens with one attached hydrogen (secondary N) is 1. The number of carbonyl (C=O) groups is 1. The van der Waals surface area contributed by atoms with Gasteiger partial charge < -0.3 is 14.2 Å². The number of amides is 1. The van der Waals surface area contributed by atoms with E-state index in [9.17, 15) is 14.9 Å². The lowest BCUT2D eigenvalue weighted by molar-refractivity contribution is -0.384. The van der Waals surface area contributed by atoms with E-state index in [1.807, 2.05) is 26.0 Å². The van der Waals surface area contributed by atoms with Gasteiger partial charge >= 0.3 is 0 Å². The average Bonchev–Trinajstić information content (AvgIpc) is 3.48. The number of non-ortho nitro benzene ring substituents is 1. The Bertz CT molecular complexity index is 1620. The minimum atomic E-state index is -0.523. The molecule has 8 nitrogen and oxygen atoms in total. The lowest BCUT2D eigenvalue weighted by Gasteiger charge is -2.07. The molecular formula is C26H18ClN3O5. The highest BCUT2D eigenvalue weighted by atomic mass is 35.5. The average molecular weight is 488 g/mol. The fraction of sp³-hybridized carbons (Fsp3) is 0.0769. The van der Waals surface area contributed by atoms with E-state index in [1.165, 1.54) is 18.2 Å². The van der Waals surface area contributed by atoms with Gasteiger partial charge in [0, 0.05) is 23.3 Å². The van der Waals surface area contributed by atoms with Crippen molar-refractivity contribution in [3.8, 4) is 22.8 Å². The quantitative estimate of drug-likeness (QED) is 0.207. The van der Waals surface area contributed by atoms with Crippen LogP contribution in [0.3, 0.4) is 0 Å². The molecule has 5 aromatic rings. The fourth-order valence-corrected chi connectivity index (χ4v) is 3.99. The second kappa shape index (κ2) is 8.73. The van der Waals surface area contributed by atoms with Gasteiger partial charge in [-0.1, -0.05) is 29.8 Å². The smallest absolute Gasteiger partial charge is 0.291 e. The molecule has 0 spiro atoms. The van der Waals surface area contributed by atoms with Crippen molar-refractivity contribution in [2.24, 2.45) is 0 Å². The summed E-state index contributed by atoms with van der Waals surface area (Å²) in [6.07, 6.45) is 0. The molecule has 0 bridgehead atoms. The largest absolute Gasteiger partial charge is 0.451 e. The maximum atomic E-state index is 12.8. The molecule has 9 heteroatoms. The zero-order chi connectivity index (χ0) is 24.7. The first-order chi connectivity index (χ1) is 16.8. The molecule has 0 fully saturated rings. The van der Waals surface area contributed by atoms with Crippen LogP contribution in [0.25, 0.3) is 33.9 Å². The second-order valence-electron chi connectivity index (χ2n) is 8.07. The van der Waals surface area contributed by atoms with Crippen molar-refractivity contribution in [3.05, 3.63) is 98.8 Å². The first kappa shape index (κ1) is 22.4. The molecule has 2 aromatic heterocycles. The normalized spacial score (nSPS) is 11.1. The molecule has 0 aliphatic carbocycles. The number of hydrogen-bond acceptors (Lipinski definition) is 6. The monoisotopic (exact) mass is 487 g/mol. The Morgan fingerprint density at radius 3 is 2.63 bits per heavy atom. The summed E-state index contributed by atoms with van der Waals surface area (Å²) in [5, 5.41) is 14.1. The number of nitro groups is 1. The third-order valence-corrected chi connectivity index (χ3v) is 5.78. The standard InChI is InChI=1S/C26H18ClN3O5/c1-14-10-15(2)24-21(11-14)29-26(35-24)17-6-7-19(27)20(13-17)28-25(31)23-9-8-22(34-23)16-4-3-5-18(12-16)30(32)33/h3-13H,1-2H3,(H,28,31). The van der Waals surface area contributed by atoms with Crippen molar-refractivity contribution in [2.75, 3.05) is 5.32 Å². The topological polar surface area (TPSA) is 111 Å². The Morgan fingerprint density at radius 2 is 1.83 bits per heavy atom. The van der Waals surface area contributed by atoms with Gasteiger partial charge in [-0.05, 0) is 61.4 Å². The van der Waals surface area contributed by atoms with Crippen LogP contribution in [0.1, 0.15) is 21.7 Å². The van der Waals surface area contributed by atoms with Crippen LogP contribution in [-0.4, -0.2) is 15.8 Å². The molecule has 1 N–H and O–H groups in total. The molecule has 0 radical (unpaired) electrons. The van der Waals surface area contributed by atoms with Gasteiger partial charge in [-0.15, -0.1) is 0 Å². The zero-order valence-electron chi connectivity index (χ0n) is 18.7. The van der Waals surface area contributed by atoms with Crippen molar-refractivity contribution in [1.29, 1.82) is 0 Å². The molecular weight excluding hydrogens is 470 g/mol. The van der Waals surface area contributed by atoms with Gasteiger partial charge in [-0.25, -0.2) is 4.98 Å². The van der Waals surface area contributed by atoms with Crippen molar-refractivity contribution < 1.29 is 18.6 Å². The van der Waals surface area contributed by atoms with Crippen molar-refractivity contribution in [1.82, 2.24) is 4.98 Å². The highest BCUT2D eigenvalue weighted by Gasteiger charge is 2.17. The lowest BCUT2D eigenvalue weighted by Crippen LogP contribution is -2.11. The Morgan fingerprint density at radius 1 is 1.00 bits per heavy atom. The van der Waals surface area contributed by atoms with Gasteiger partial charge in [0.1, 0.15) is 11.3 Å². The van der Waals surface area contributed by atoms with Gasteiger partial charge in [0.05, 0.1) is 15.6 Å². The Kier molecular flexibility index (Phi) is 5.58. The van der Waals surface area contributed by atoms with Crippen LogP contribution in [0.4, 0.5) is 11.4 Å². The molecule has 0 atom stereocenters. The van der Waals surface area contributed by atoms with E-state index in [0.717, 1.165) is 16.6 Å². The summed E-state index contributed by atoms with van der Waals surface area (Å²) in [4.78, 5) is 28.0. The number of nitrogens with zero attached hydrogens (tertiary/aromatic N) is 2. The van der Waals surface area contributed by atoms with Gasteiger partial charge in [-0.3, -0.25) is 14.9 Å². The van der Waals surface area contributed by atoms with Crippen LogP contribution < -0.4 is 5.32 Å². The molecule has 1 amide bonds. The number of halogens is 1. The van der Waals surface area contributed by atoms with E-state index < -0.39 is 10.8 Å². The van der Waals surface area contributed by atoms with Gasteiger partial charge in [0.2, 0.25) is 5.89 Å². The van der Waals surface area contributed by atoms with Crippen LogP contribution in [0, 0.1) is 24.0 Å². The molecule has 0 unspecified atom stereocenters. The van der Waals surface area contributed by atoms with E-state index >= 15 is 0 Å². The SMILES string of the molecule is Cc1cc(C)c2oc(-c3ccc(Cl)c(NC(=O)c4ccc(-c5cccc([N+](=O)[O-])c5)o4)c3)nc2c1. The van der Waals surface area contributed by atoms with E-state index in [0.29, 0.717) is 39.1 Å². The van der Waals surface area contributed by atoms with E-state index in [4.69, 9.17) is 20.4 Å². The molecule has 3 aromatic carbocycles. The fourth-order valence-electron chi connectivity index (χ4n) is 3.83. The molecule has 174 valence electrons. The maximum Gasteiger partial charge on any atom is 0.291 e. The van der Waals surface area contributed by atoms with E-state index in [2.05, 4.69) is 10.3 Å². The third-order valence-electron chi connectivity index (χ3n) is 5.45. The Hall–Kier alpha value is -4.43. The highest BCUT2D eigenvalue weighted by molar-refractivity contribution is 6.34. The third kappa shape index (κ3) is 4.39. The summed E-state index contributed by atoms with van der Waals surface area (Å²) in [5.74, 6) is 0.244. The minimum absolute atomic E-state index is 0.0286. The number of carbonyl (C=O) groups excluding carboxylic acids is 1. The molecule has 5 rings (SSSR count). The number of aryl methyl sites for hydroxylation is 2. The number of rotatable bonds is 5. The number of anilines is 1. The Balaban J connectivity index is 1.41. The molecule has 0 aliphatic rings. The van der Waals surface area contributed by atoms with Gasteiger partial charge in [-0.2, -0.15) is 0 Å². The number of benzene rings is 3. The van der Waals surface area contributed by atoms with Crippen molar-refractivity contribution in [2.45, 2.75) is 13.8 Å². The second-order valence-corrected chi connectivity index (χ2v) is 8.48. The first-order valence-corrected chi connectivity index (χ1v) is 11.0. The van der Waals surface area contributed by atoms with Crippen molar-refractivity contribution in [3.63, 3.8) is 0 Å². The lowest BCUT2D eigenvalue weighted by atomic mass is 10.1. The summed E-state index contributed by atoms with van der Waals surface area (Å²) in [7, 11) is 0. The highest BCUT2D eigenvalue weighted by Crippen LogP contribution is 2.32. The molecule has 35 heavy (non-hydrogen) atoms. The Labute approximate surface area is 204 Å². The van der Waals surface area contributed by atoms with Crippen molar-refractivity contribution >= 4 is 40.0 Å². The number of nitro benzene ring substituents is 1. The van der Waals surface area contributed by atoms with E-state index in [-0.39, 0.29) is 11.4 Å². The summed E-state index contributed by atoms with van der Waals surface area (Å²) >= 11 is 6.33. The zero-order valence-corrected chi connectivity index (χ0v) is 19.4. The van der Waals surface area contributed by atoms with Crippen LogP contribution >= 0.6 is 11.6 Å². The summed E-state index contributed by atoms with van der Waals surface area (Å²) in [5.41, 5.74) is 4.95. The van der Waals surface area contributed by atoms with Crippen LogP contribution in [-0.2, 0) is 0 Å². The first-order valence-electron chi connectivity index (χ1n) is 10.6. The predicted octanol–water partition coefficient (Wildman–Crippen LogP) is 7.19. The van der Waals surface area contributed by atoms with Crippen LogP contribution in [0.5, 0.6) is 0 Å². The van der Waals surface area contributed by atoms with Gasteiger partial charge in [0.15, 0.2) is 11.3 Å². The molecule has 0 saturated carbocycles. The van der Waals surface area contributed by atoms with Crippen LogP contribution in [0.2, 0.25) is 5.02 Å². The number of oxazole rings is 1. The van der Waals surface area contributed by atoms with Crippen LogP contribution in [0.15, 0.2) is 75.6 Å². The number of aromatic nitrogens is 1. The summed E-state index contributed by atoms with van der Waals surface area (Å²) < 4.78 is 11.6. The van der Waals surface area contributed by atoms with Gasteiger partial charge in [0.25, 0.3) is 11.6 Å². The summed E-state index contributed by atoms with van der Waals surface area (Å²) in [6, 6.07) is 18.1. The number of furan rings is 1. The minimum Gasteiger partial charge on any atom is -0.451 e. The number of fused-ring (bicyclic) bond motifs is 1. The predicted molar refractivity (Wildman–Crippen MR) is 133 cm³/mol. The molecule has 2 heterocycles. The van der Waals surface area contributed by atoms with E-state index in [1.54, 1.807) is 36.4 Å². The molecule has 0 saturated heterocycles. The number of hydrogen-bond donors (Lipinski definition) is 1. The molecule has 0 aliphatic heterocycles. The maximum absolute atomic E-state index is 12.8.